The van der Waals surface area contributed by atoms with E-state index in [0.717, 1.165) is 29.6 Å². The molecule has 1 atom stereocenters. The topological polar surface area (TPSA) is 91.7 Å². The van der Waals surface area contributed by atoms with Crippen LogP contribution < -0.4 is 5.56 Å². The van der Waals surface area contributed by atoms with E-state index in [0.29, 0.717) is 23.4 Å². The van der Waals surface area contributed by atoms with Gasteiger partial charge < -0.3 is 14.0 Å². The third-order valence-corrected chi connectivity index (χ3v) is 7.11. The Kier molecular flexibility index (Phi) is 5.97. The molecule has 2 aliphatic heterocycles. The molecule has 0 amide bonds. The molecule has 0 saturated carbocycles. The molecule has 180 valence electrons. The minimum atomic E-state index is -1.75. The van der Waals surface area contributed by atoms with E-state index in [1.165, 1.54) is 5.56 Å². The number of allylic oxidation sites excluding steroid dienone is 3. The molecule has 2 aromatic rings. The lowest BCUT2D eigenvalue weighted by Crippen LogP contribution is -2.47. The van der Waals surface area contributed by atoms with Crippen LogP contribution in [0.25, 0.3) is 11.6 Å². The zero-order valence-corrected chi connectivity index (χ0v) is 20.0. The van der Waals surface area contributed by atoms with Crippen molar-refractivity contribution in [2.75, 3.05) is 0 Å². The molecule has 0 saturated heterocycles. The van der Waals surface area contributed by atoms with Crippen LogP contribution in [0.3, 0.4) is 0 Å². The minimum Gasteiger partial charge on any atom is -0.457 e. The van der Waals surface area contributed by atoms with Gasteiger partial charge in [-0.2, -0.15) is 0 Å². The zero-order valence-electron chi connectivity index (χ0n) is 19.3. The molecule has 1 aromatic carbocycles. The monoisotopic (exact) mass is 493 g/mol. The zero-order chi connectivity index (χ0) is 24.7. The summed E-state index contributed by atoms with van der Waals surface area (Å²) in [6, 6.07) is 10.0. The molecule has 7 nitrogen and oxygen atoms in total. The number of rotatable bonds is 5. The predicted octanol–water partition coefficient (Wildman–Crippen LogP) is 4.03. The Bertz CT molecular complexity index is 1380. The number of esters is 2. The maximum absolute atomic E-state index is 13.6. The fourth-order valence-corrected chi connectivity index (χ4v) is 5.22. The van der Waals surface area contributed by atoms with Crippen molar-refractivity contribution < 1.29 is 23.9 Å². The van der Waals surface area contributed by atoms with Crippen LogP contribution in [0.5, 0.6) is 0 Å². The van der Waals surface area contributed by atoms with Crippen molar-refractivity contribution in [3.63, 3.8) is 0 Å². The fraction of sp³-hybridized carbons (Fsp3) is 0.333. The summed E-state index contributed by atoms with van der Waals surface area (Å²) in [6.07, 6.45) is 5.52. The molecule has 0 unspecified atom stereocenters. The SMILES string of the molecule is CC[C@@]1(OC(=O)CCC(=O)Cl)C(=O)OCc2c1cc1n(c2=O)CC2=Cc3ccccc3CCC=C21. The molecule has 3 heterocycles. The van der Waals surface area contributed by atoms with Crippen LogP contribution in [0, 0.1) is 0 Å². The van der Waals surface area contributed by atoms with Crippen LogP contribution in [0.15, 0.2) is 46.8 Å². The molecule has 0 N–H and O–H groups in total. The minimum absolute atomic E-state index is 0.0808. The number of carbonyl (C=O) groups is 3. The van der Waals surface area contributed by atoms with Gasteiger partial charge in [-0.1, -0.05) is 37.3 Å². The largest absolute Gasteiger partial charge is 0.457 e. The van der Waals surface area contributed by atoms with Crippen molar-refractivity contribution in [1.82, 2.24) is 4.57 Å². The molecule has 0 spiro atoms. The molecule has 35 heavy (non-hydrogen) atoms. The number of aryl methyl sites for hydroxylation is 1. The van der Waals surface area contributed by atoms with E-state index in [9.17, 15) is 19.2 Å². The average Bonchev–Trinajstić information content (AvgIpc) is 3.16. The molecular formula is C27H24ClNO6. The second-order valence-electron chi connectivity index (χ2n) is 8.92. The molecular weight excluding hydrogens is 470 g/mol. The number of aromatic nitrogens is 1. The molecule has 0 fully saturated rings. The summed E-state index contributed by atoms with van der Waals surface area (Å²) in [5, 5.41) is -0.674. The number of nitrogens with zero attached hydrogens (tertiary/aromatic N) is 1. The van der Waals surface area contributed by atoms with Gasteiger partial charge in [0.15, 0.2) is 0 Å². The quantitative estimate of drug-likeness (QED) is 0.461. The van der Waals surface area contributed by atoms with Gasteiger partial charge >= 0.3 is 11.9 Å². The number of hydrogen-bond donors (Lipinski definition) is 0. The highest BCUT2D eigenvalue weighted by molar-refractivity contribution is 6.63. The van der Waals surface area contributed by atoms with Crippen LogP contribution in [-0.2, 0) is 49.0 Å². The van der Waals surface area contributed by atoms with Crippen LogP contribution >= 0.6 is 11.6 Å². The first-order valence-electron chi connectivity index (χ1n) is 11.7. The number of hydrogen-bond acceptors (Lipinski definition) is 6. The van der Waals surface area contributed by atoms with Gasteiger partial charge in [-0.15, -0.1) is 0 Å². The highest BCUT2D eigenvalue weighted by atomic mass is 35.5. The summed E-state index contributed by atoms with van der Waals surface area (Å²) in [4.78, 5) is 50.2. The predicted molar refractivity (Wildman–Crippen MR) is 129 cm³/mol. The first-order chi connectivity index (χ1) is 16.8. The van der Waals surface area contributed by atoms with Gasteiger partial charge in [0.25, 0.3) is 5.56 Å². The number of carbonyl (C=O) groups excluding carboxylic acids is 3. The van der Waals surface area contributed by atoms with Gasteiger partial charge in [0.2, 0.25) is 10.8 Å². The average molecular weight is 494 g/mol. The Hall–Kier alpha value is -3.45. The van der Waals surface area contributed by atoms with Crippen molar-refractivity contribution >= 4 is 40.4 Å². The first kappa shape index (κ1) is 23.3. The van der Waals surface area contributed by atoms with E-state index < -0.39 is 22.8 Å². The number of fused-ring (bicyclic) bond motifs is 5. The number of ether oxygens (including phenoxy) is 2. The van der Waals surface area contributed by atoms with Gasteiger partial charge in [0.05, 0.1) is 24.2 Å². The van der Waals surface area contributed by atoms with Crippen molar-refractivity contribution in [1.29, 1.82) is 0 Å². The van der Waals surface area contributed by atoms with Crippen molar-refractivity contribution in [3.8, 4) is 0 Å². The Morgan fingerprint density at radius 3 is 2.77 bits per heavy atom. The summed E-state index contributed by atoms with van der Waals surface area (Å²) < 4.78 is 12.7. The van der Waals surface area contributed by atoms with Crippen molar-refractivity contribution in [2.24, 2.45) is 0 Å². The van der Waals surface area contributed by atoms with Crippen LogP contribution in [-0.4, -0.2) is 21.7 Å². The van der Waals surface area contributed by atoms with Crippen LogP contribution in [0.4, 0.5) is 0 Å². The van der Waals surface area contributed by atoms with E-state index in [4.69, 9.17) is 21.1 Å². The Labute approximate surface area is 207 Å². The summed E-state index contributed by atoms with van der Waals surface area (Å²) in [6.45, 7) is 1.92. The van der Waals surface area contributed by atoms with E-state index in [2.05, 4.69) is 24.3 Å². The maximum Gasteiger partial charge on any atom is 0.355 e. The van der Waals surface area contributed by atoms with Gasteiger partial charge in [-0.3, -0.25) is 14.4 Å². The lowest BCUT2D eigenvalue weighted by molar-refractivity contribution is -0.189. The van der Waals surface area contributed by atoms with Crippen LogP contribution in [0.2, 0.25) is 0 Å². The third kappa shape index (κ3) is 3.93. The Balaban J connectivity index is 1.62. The second kappa shape index (κ2) is 8.96. The highest BCUT2D eigenvalue weighted by Gasteiger charge is 2.50. The second-order valence-corrected chi connectivity index (χ2v) is 9.35. The van der Waals surface area contributed by atoms with E-state index >= 15 is 0 Å². The smallest absolute Gasteiger partial charge is 0.355 e. The van der Waals surface area contributed by atoms with Crippen molar-refractivity contribution in [3.05, 3.63) is 80.3 Å². The fourth-order valence-electron chi connectivity index (χ4n) is 5.12. The van der Waals surface area contributed by atoms with Gasteiger partial charge in [0.1, 0.15) is 6.61 Å². The number of benzene rings is 1. The number of cyclic esters (lactones) is 1. The molecule has 1 aliphatic carbocycles. The van der Waals surface area contributed by atoms with Gasteiger partial charge in [-0.25, -0.2) is 4.79 Å². The molecule has 8 heteroatoms. The highest BCUT2D eigenvalue weighted by Crippen LogP contribution is 2.42. The lowest BCUT2D eigenvalue weighted by Gasteiger charge is -2.35. The maximum atomic E-state index is 13.6. The van der Waals surface area contributed by atoms with E-state index in [1.54, 1.807) is 17.6 Å². The van der Waals surface area contributed by atoms with Crippen LogP contribution in [0.1, 0.15) is 60.6 Å². The van der Waals surface area contributed by atoms with Gasteiger partial charge in [0, 0.05) is 12.0 Å². The first-order valence-corrected chi connectivity index (χ1v) is 12.1. The molecule has 5 rings (SSSR count). The van der Waals surface area contributed by atoms with Gasteiger partial charge in [-0.05, 0) is 65.3 Å². The molecule has 3 aliphatic rings. The summed E-state index contributed by atoms with van der Waals surface area (Å²) in [5.74, 6) is -1.48. The van der Waals surface area contributed by atoms with E-state index in [1.807, 2.05) is 12.1 Å². The third-order valence-electron chi connectivity index (χ3n) is 6.92. The summed E-state index contributed by atoms with van der Waals surface area (Å²) in [5.41, 5.74) is 3.67. The molecule has 0 radical (unpaired) electrons. The standard InChI is InChI=1S/C27H24ClNO6/c1-2-27(35-24(31)11-10-23(28)30)21-13-22-19-9-5-8-16-6-3-4-7-17(16)12-18(19)14-29(22)25(32)20(21)15-34-26(27)33/h3-4,6-7,9,12-13H,2,5,8,10-11,14-15H2,1H3/t27-/m0/s1. The number of halogens is 1. The summed E-state index contributed by atoms with van der Waals surface area (Å²) in [7, 11) is 0. The Morgan fingerprint density at radius 1 is 1.20 bits per heavy atom. The molecule has 0 bridgehead atoms. The normalized spacial score (nSPS) is 20.1. The summed E-state index contributed by atoms with van der Waals surface area (Å²) >= 11 is 5.36. The Morgan fingerprint density at radius 2 is 2.00 bits per heavy atom. The number of pyridine rings is 1. The van der Waals surface area contributed by atoms with E-state index in [-0.39, 0.29) is 31.4 Å². The molecule has 1 aromatic heterocycles. The van der Waals surface area contributed by atoms with Crippen molar-refractivity contribution in [2.45, 2.75) is 57.8 Å². The lowest BCUT2D eigenvalue weighted by atomic mass is 9.85.